The van der Waals surface area contributed by atoms with Gasteiger partial charge in [-0.15, -0.1) is 0 Å². The SMILES string of the molecule is COC1(CCCC(=O)Nc2ccccc2O)CCC(C)[C@H]2C(=O)N(c3ccc(C#N)c4ccccc34)C(=O)[C@H]21. The van der Waals surface area contributed by atoms with Crippen LogP contribution in [0.4, 0.5) is 11.4 Å². The number of para-hydroxylation sites is 2. The number of phenolic OH excluding ortho intramolecular Hbond substituents is 1. The standard InChI is InChI=1S/C31H31N3O5/c1-19-15-17-31(39-2,16-7-12-26(36)33-23-10-5-6-11-25(23)35)28-27(19)29(37)34(30(28)38)24-14-13-20(18-32)21-8-3-4-9-22(21)24/h3-6,8-11,13-14,19,27-28,35H,7,12,15-17H2,1-2H3,(H,33,36)/t19?,27-,28+,31?/m1/s1. The molecule has 0 bridgehead atoms. The highest BCUT2D eigenvalue weighted by Gasteiger charge is 2.61. The van der Waals surface area contributed by atoms with E-state index in [0.717, 1.165) is 6.42 Å². The van der Waals surface area contributed by atoms with Crippen LogP contribution in [-0.2, 0) is 19.1 Å². The summed E-state index contributed by atoms with van der Waals surface area (Å²) in [5.41, 5.74) is 0.425. The van der Waals surface area contributed by atoms with Gasteiger partial charge in [0.25, 0.3) is 0 Å². The first kappa shape index (κ1) is 26.4. The van der Waals surface area contributed by atoms with Crippen LogP contribution in [0.2, 0.25) is 0 Å². The van der Waals surface area contributed by atoms with E-state index < -0.39 is 17.4 Å². The smallest absolute Gasteiger partial charge is 0.240 e. The second kappa shape index (κ2) is 10.5. The van der Waals surface area contributed by atoms with Crippen molar-refractivity contribution in [2.24, 2.45) is 17.8 Å². The number of methoxy groups -OCH3 is 1. The molecule has 1 saturated carbocycles. The molecule has 2 aliphatic rings. The van der Waals surface area contributed by atoms with Gasteiger partial charge >= 0.3 is 0 Å². The Morgan fingerprint density at radius 3 is 2.54 bits per heavy atom. The minimum atomic E-state index is -0.879. The number of rotatable bonds is 7. The molecule has 1 heterocycles. The Hall–Kier alpha value is -4.22. The number of carbonyl (C=O) groups excluding carboxylic acids is 3. The molecule has 1 aliphatic heterocycles. The Morgan fingerprint density at radius 1 is 1.10 bits per heavy atom. The van der Waals surface area contributed by atoms with E-state index >= 15 is 0 Å². The second-order valence-electron chi connectivity index (χ2n) is 10.5. The highest BCUT2D eigenvalue weighted by atomic mass is 16.5. The number of nitrogens with zero attached hydrogens (tertiary/aromatic N) is 2. The van der Waals surface area contributed by atoms with Gasteiger partial charge < -0.3 is 15.2 Å². The average molecular weight is 526 g/mol. The van der Waals surface area contributed by atoms with Gasteiger partial charge in [0.15, 0.2) is 0 Å². The zero-order valence-electron chi connectivity index (χ0n) is 22.0. The number of carbonyl (C=O) groups is 3. The summed E-state index contributed by atoms with van der Waals surface area (Å²) in [5.74, 6) is -2.01. The van der Waals surface area contributed by atoms with Crippen LogP contribution in [0.25, 0.3) is 10.8 Å². The molecule has 0 spiro atoms. The van der Waals surface area contributed by atoms with Crippen LogP contribution in [0.1, 0.15) is 44.6 Å². The zero-order valence-corrected chi connectivity index (χ0v) is 22.0. The van der Waals surface area contributed by atoms with Crippen LogP contribution >= 0.6 is 0 Å². The summed E-state index contributed by atoms with van der Waals surface area (Å²) in [4.78, 5) is 41.9. The van der Waals surface area contributed by atoms with Crippen LogP contribution in [0.5, 0.6) is 5.75 Å². The van der Waals surface area contributed by atoms with E-state index in [4.69, 9.17) is 4.74 Å². The van der Waals surface area contributed by atoms with Gasteiger partial charge in [0.1, 0.15) is 5.75 Å². The molecule has 2 N–H and O–H groups in total. The Kier molecular flexibility index (Phi) is 7.11. The molecule has 200 valence electrons. The van der Waals surface area contributed by atoms with E-state index in [0.29, 0.717) is 47.0 Å². The number of phenols is 1. The average Bonchev–Trinajstić information content (AvgIpc) is 3.21. The Balaban J connectivity index is 1.41. The number of nitrogens with one attached hydrogen (secondary N) is 1. The molecule has 2 fully saturated rings. The lowest BCUT2D eigenvalue weighted by atomic mass is 9.64. The van der Waals surface area contributed by atoms with Crippen molar-refractivity contribution in [3.05, 3.63) is 66.2 Å². The van der Waals surface area contributed by atoms with Crippen LogP contribution < -0.4 is 10.2 Å². The lowest BCUT2D eigenvalue weighted by Gasteiger charge is -2.44. The maximum absolute atomic E-state index is 14.1. The monoisotopic (exact) mass is 525 g/mol. The third-order valence-electron chi connectivity index (χ3n) is 8.40. The van der Waals surface area contributed by atoms with Gasteiger partial charge in [-0.1, -0.05) is 43.3 Å². The first-order valence-electron chi connectivity index (χ1n) is 13.2. The number of hydrogen-bond donors (Lipinski definition) is 2. The first-order chi connectivity index (χ1) is 18.8. The highest BCUT2D eigenvalue weighted by Crippen LogP contribution is 2.52. The van der Waals surface area contributed by atoms with E-state index in [9.17, 15) is 24.8 Å². The van der Waals surface area contributed by atoms with Gasteiger partial charge in [-0.05, 0) is 55.9 Å². The summed E-state index contributed by atoms with van der Waals surface area (Å²) in [6.45, 7) is 2.00. The van der Waals surface area contributed by atoms with Gasteiger partial charge in [-0.25, -0.2) is 4.90 Å². The summed E-state index contributed by atoms with van der Waals surface area (Å²) in [5, 5.41) is 23.6. The number of nitriles is 1. The van der Waals surface area contributed by atoms with E-state index in [1.54, 1.807) is 37.4 Å². The predicted octanol–water partition coefficient (Wildman–Crippen LogP) is 5.15. The molecular formula is C31H31N3O5. The van der Waals surface area contributed by atoms with Crippen molar-refractivity contribution in [2.75, 3.05) is 17.3 Å². The van der Waals surface area contributed by atoms with Gasteiger partial charge in [0.05, 0.1) is 40.4 Å². The molecule has 3 aromatic carbocycles. The number of ether oxygens (including phenoxy) is 1. The minimum Gasteiger partial charge on any atom is -0.506 e. The van der Waals surface area contributed by atoms with E-state index in [1.165, 1.54) is 11.0 Å². The van der Waals surface area contributed by atoms with Gasteiger partial charge in [-0.2, -0.15) is 5.26 Å². The quantitative estimate of drug-likeness (QED) is 0.325. The fraction of sp³-hybridized carbons (Fsp3) is 0.355. The zero-order chi connectivity index (χ0) is 27.7. The Morgan fingerprint density at radius 2 is 1.82 bits per heavy atom. The van der Waals surface area contributed by atoms with E-state index in [-0.39, 0.29) is 35.8 Å². The molecule has 5 rings (SSSR count). The predicted molar refractivity (Wildman–Crippen MR) is 147 cm³/mol. The van der Waals surface area contributed by atoms with Gasteiger partial charge in [0, 0.05) is 24.3 Å². The molecule has 0 radical (unpaired) electrons. The topological polar surface area (TPSA) is 120 Å². The Bertz CT molecular complexity index is 1500. The minimum absolute atomic E-state index is 0.00574. The second-order valence-corrected chi connectivity index (χ2v) is 10.5. The molecule has 3 aromatic rings. The molecule has 0 aromatic heterocycles. The van der Waals surface area contributed by atoms with Crippen LogP contribution in [-0.4, -0.2) is 35.5 Å². The van der Waals surface area contributed by atoms with Crippen molar-refractivity contribution in [1.29, 1.82) is 5.26 Å². The fourth-order valence-corrected chi connectivity index (χ4v) is 6.39. The summed E-state index contributed by atoms with van der Waals surface area (Å²) in [6, 6.07) is 19.3. The third-order valence-corrected chi connectivity index (χ3v) is 8.40. The number of imide groups is 1. The molecule has 4 atom stereocenters. The number of fused-ring (bicyclic) bond motifs is 2. The summed E-state index contributed by atoms with van der Waals surface area (Å²) in [6.07, 6.45) is 2.39. The third kappa shape index (κ3) is 4.53. The Labute approximate surface area is 227 Å². The fourth-order valence-electron chi connectivity index (χ4n) is 6.39. The van der Waals surface area contributed by atoms with Gasteiger partial charge in [0.2, 0.25) is 17.7 Å². The van der Waals surface area contributed by atoms with Crippen molar-refractivity contribution < 1.29 is 24.2 Å². The van der Waals surface area contributed by atoms with Crippen molar-refractivity contribution in [2.45, 2.75) is 44.6 Å². The van der Waals surface area contributed by atoms with Crippen molar-refractivity contribution in [3.63, 3.8) is 0 Å². The number of anilines is 2. The van der Waals surface area contributed by atoms with Crippen LogP contribution in [0.3, 0.4) is 0 Å². The molecule has 39 heavy (non-hydrogen) atoms. The molecule has 2 unspecified atom stereocenters. The lowest BCUT2D eigenvalue weighted by Crippen LogP contribution is -2.51. The molecule has 1 aliphatic carbocycles. The normalized spacial score (nSPS) is 24.4. The largest absolute Gasteiger partial charge is 0.506 e. The summed E-state index contributed by atoms with van der Waals surface area (Å²) < 4.78 is 6.07. The van der Waals surface area contributed by atoms with Crippen molar-refractivity contribution >= 4 is 39.9 Å². The lowest BCUT2D eigenvalue weighted by molar-refractivity contribution is -0.150. The number of aromatic hydroxyl groups is 1. The highest BCUT2D eigenvalue weighted by molar-refractivity contribution is 6.25. The van der Waals surface area contributed by atoms with Gasteiger partial charge in [-0.3, -0.25) is 14.4 Å². The van der Waals surface area contributed by atoms with Crippen LogP contribution in [0.15, 0.2) is 60.7 Å². The van der Waals surface area contributed by atoms with E-state index in [1.807, 2.05) is 31.2 Å². The molecular weight excluding hydrogens is 494 g/mol. The molecule has 3 amide bonds. The molecule has 1 saturated heterocycles. The number of hydrogen-bond acceptors (Lipinski definition) is 6. The first-order valence-corrected chi connectivity index (χ1v) is 13.2. The number of benzene rings is 3. The maximum atomic E-state index is 14.1. The molecule has 8 heteroatoms. The summed E-state index contributed by atoms with van der Waals surface area (Å²) >= 11 is 0. The van der Waals surface area contributed by atoms with Crippen molar-refractivity contribution in [1.82, 2.24) is 0 Å². The maximum Gasteiger partial charge on any atom is 0.240 e. The number of amides is 3. The van der Waals surface area contributed by atoms with Crippen LogP contribution in [0, 0.1) is 29.1 Å². The van der Waals surface area contributed by atoms with E-state index in [2.05, 4.69) is 11.4 Å². The molecule has 8 nitrogen and oxygen atoms in total. The van der Waals surface area contributed by atoms with Crippen molar-refractivity contribution in [3.8, 4) is 11.8 Å². The summed E-state index contributed by atoms with van der Waals surface area (Å²) in [7, 11) is 1.58.